The molecule has 8 heteroatoms. The number of hydrogen-bond donors (Lipinski definition) is 2. The van der Waals surface area contributed by atoms with Crippen LogP contribution in [0.3, 0.4) is 0 Å². The standard InChI is InChI=1S/C19H18F2N4O2.3H2/c1-3-15(25-18(26)16-13(20)7-4-8-14(16)21)17(22-2)19(27)24-11-12-6-5-9-23-10-12;;;/h3-10H,11H2,1-2H3,(H,24,27)(H,25,26);3*1H/b15-3+,22-17?;;;. The second-order valence-electron chi connectivity index (χ2n) is 5.37. The number of halogens is 2. The van der Waals surface area contributed by atoms with E-state index in [1.54, 1.807) is 31.5 Å². The lowest BCUT2D eigenvalue weighted by atomic mass is 10.1. The molecular weight excluding hydrogens is 354 g/mol. The molecule has 0 bridgehead atoms. The third kappa shape index (κ3) is 5.04. The van der Waals surface area contributed by atoms with Gasteiger partial charge in [0, 0.05) is 30.3 Å². The lowest BCUT2D eigenvalue weighted by Crippen LogP contribution is -2.38. The summed E-state index contributed by atoms with van der Waals surface area (Å²) in [5.74, 6) is -3.57. The minimum absolute atomic E-state index is 0. The minimum atomic E-state index is -1.01. The summed E-state index contributed by atoms with van der Waals surface area (Å²) in [6, 6.07) is 6.63. The fraction of sp³-hybridized carbons (Fsp3) is 0.158. The van der Waals surface area contributed by atoms with Crippen LogP contribution in [-0.4, -0.2) is 29.6 Å². The molecule has 146 valence electrons. The summed E-state index contributed by atoms with van der Waals surface area (Å²) in [5, 5.41) is 4.98. The fourth-order valence-corrected chi connectivity index (χ4v) is 2.28. The molecule has 1 aromatic carbocycles. The van der Waals surface area contributed by atoms with Crippen molar-refractivity contribution in [3.63, 3.8) is 0 Å². The van der Waals surface area contributed by atoms with Crippen molar-refractivity contribution < 1.29 is 22.6 Å². The Morgan fingerprint density at radius 2 is 1.93 bits per heavy atom. The SMILES string of the molecule is C/C=C(/NC(=O)c1c(F)cccc1F)C(=NC)C(=O)NCc1cccnc1.[HH].[HH].[HH]. The summed E-state index contributed by atoms with van der Waals surface area (Å²) in [6.45, 7) is 1.77. The molecule has 27 heavy (non-hydrogen) atoms. The molecule has 6 nitrogen and oxygen atoms in total. The van der Waals surface area contributed by atoms with Crippen LogP contribution in [0.2, 0.25) is 0 Å². The summed E-state index contributed by atoms with van der Waals surface area (Å²) >= 11 is 0. The molecule has 0 aliphatic heterocycles. The van der Waals surface area contributed by atoms with Gasteiger partial charge >= 0.3 is 0 Å². The fourth-order valence-electron chi connectivity index (χ4n) is 2.28. The van der Waals surface area contributed by atoms with Crippen molar-refractivity contribution in [1.29, 1.82) is 0 Å². The first-order chi connectivity index (χ1) is 13.0. The first-order valence-corrected chi connectivity index (χ1v) is 8.03. The van der Waals surface area contributed by atoms with Gasteiger partial charge in [0.2, 0.25) is 0 Å². The maximum Gasteiger partial charge on any atom is 0.271 e. The van der Waals surface area contributed by atoms with E-state index in [4.69, 9.17) is 0 Å². The topological polar surface area (TPSA) is 83.5 Å². The number of pyridine rings is 1. The zero-order valence-corrected chi connectivity index (χ0v) is 14.8. The molecule has 0 atom stereocenters. The van der Waals surface area contributed by atoms with Crippen LogP contribution in [0.15, 0.2) is 59.5 Å². The van der Waals surface area contributed by atoms with Crippen LogP contribution in [0.25, 0.3) is 0 Å². The zero-order chi connectivity index (χ0) is 19.8. The predicted octanol–water partition coefficient (Wildman–Crippen LogP) is 3.12. The highest BCUT2D eigenvalue weighted by Gasteiger charge is 2.22. The molecule has 0 unspecified atom stereocenters. The number of benzene rings is 1. The zero-order valence-electron chi connectivity index (χ0n) is 14.8. The van der Waals surface area contributed by atoms with E-state index in [0.717, 1.165) is 23.8 Å². The Labute approximate surface area is 159 Å². The van der Waals surface area contributed by atoms with Gasteiger partial charge in [-0.2, -0.15) is 0 Å². The average Bonchev–Trinajstić information content (AvgIpc) is 2.66. The third-order valence-electron chi connectivity index (χ3n) is 3.60. The second kappa shape index (κ2) is 9.33. The van der Waals surface area contributed by atoms with E-state index in [9.17, 15) is 18.4 Å². The van der Waals surface area contributed by atoms with Crippen molar-refractivity contribution in [1.82, 2.24) is 15.6 Å². The molecule has 0 saturated heterocycles. The van der Waals surface area contributed by atoms with Gasteiger partial charge in [-0.1, -0.05) is 18.2 Å². The molecule has 1 aromatic heterocycles. The van der Waals surface area contributed by atoms with Crippen molar-refractivity contribution in [2.45, 2.75) is 13.5 Å². The normalized spacial score (nSPS) is 11.9. The quantitative estimate of drug-likeness (QED) is 0.758. The highest BCUT2D eigenvalue weighted by Crippen LogP contribution is 2.12. The Balaban J connectivity index is 0. The van der Waals surface area contributed by atoms with Gasteiger partial charge in [0.25, 0.3) is 11.8 Å². The van der Waals surface area contributed by atoms with Gasteiger partial charge in [-0.05, 0) is 30.7 Å². The van der Waals surface area contributed by atoms with Gasteiger partial charge in [-0.15, -0.1) is 0 Å². The van der Waals surface area contributed by atoms with Crippen LogP contribution in [0.1, 0.15) is 27.1 Å². The van der Waals surface area contributed by atoms with Gasteiger partial charge in [0.05, 0.1) is 5.70 Å². The van der Waals surface area contributed by atoms with Crippen LogP contribution in [-0.2, 0) is 11.3 Å². The average molecular weight is 378 g/mol. The lowest BCUT2D eigenvalue weighted by Gasteiger charge is -2.13. The Kier molecular flexibility index (Phi) is 6.87. The van der Waals surface area contributed by atoms with Crippen molar-refractivity contribution in [3.8, 4) is 0 Å². The van der Waals surface area contributed by atoms with Crippen LogP contribution >= 0.6 is 0 Å². The Hall–Kier alpha value is -3.42. The molecule has 2 rings (SSSR count). The number of carbonyl (C=O) groups excluding carboxylic acids is 2. The second-order valence-corrected chi connectivity index (χ2v) is 5.37. The number of aliphatic imine (C=N–C) groups is 1. The molecule has 2 aromatic rings. The van der Waals surface area contributed by atoms with Gasteiger partial charge in [0.1, 0.15) is 22.9 Å². The first-order valence-electron chi connectivity index (χ1n) is 8.03. The molecule has 0 aliphatic carbocycles. The van der Waals surface area contributed by atoms with E-state index < -0.39 is 29.0 Å². The monoisotopic (exact) mass is 378 g/mol. The number of carbonyl (C=O) groups is 2. The van der Waals surface area contributed by atoms with E-state index in [1.807, 2.05) is 0 Å². The molecule has 0 spiro atoms. The van der Waals surface area contributed by atoms with Gasteiger partial charge in [0.15, 0.2) is 0 Å². The van der Waals surface area contributed by atoms with Gasteiger partial charge in [-0.3, -0.25) is 19.6 Å². The van der Waals surface area contributed by atoms with Crippen LogP contribution in [0.5, 0.6) is 0 Å². The van der Waals surface area contributed by atoms with Crippen molar-refractivity contribution >= 4 is 17.5 Å². The summed E-state index contributed by atoms with van der Waals surface area (Å²) in [5.41, 5.74) is 0.00388. The Morgan fingerprint density at radius 1 is 1.22 bits per heavy atom. The van der Waals surface area contributed by atoms with Crippen molar-refractivity contribution in [2.75, 3.05) is 7.05 Å². The number of allylic oxidation sites excluding steroid dienone is 1. The van der Waals surface area contributed by atoms with E-state index in [-0.39, 0.29) is 22.2 Å². The molecule has 0 radical (unpaired) electrons. The number of hydrogen-bond acceptors (Lipinski definition) is 4. The molecule has 0 saturated carbocycles. The Bertz CT molecular complexity index is 890. The van der Waals surface area contributed by atoms with E-state index in [2.05, 4.69) is 20.6 Å². The number of rotatable bonds is 6. The number of aromatic nitrogens is 1. The first kappa shape index (κ1) is 19.9. The van der Waals surface area contributed by atoms with Crippen LogP contribution < -0.4 is 10.6 Å². The molecule has 0 fully saturated rings. The van der Waals surface area contributed by atoms with Crippen molar-refractivity contribution in [3.05, 3.63) is 77.3 Å². The maximum absolute atomic E-state index is 13.8. The van der Waals surface area contributed by atoms with E-state index >= 15 is 0 Å². The number of nitrogens with zero attached hydrogens (tertiary/aromatic N) is 2. The molecule has 2 N–H and O–H groups in total. The maximum atomic E-state index is 13.8. The summed E-state index contributed by atoms with van der Waals surface area (Å²) in [6.07, 6.45) is 4.63. The predicted molar refractivity (Wildman–Crippen MR) is 103 cm³/mol. The van der Waals surface area contributed by atoms with E-state index in [1.165, 1.54) is 13.1 Å². The molecular formula is C19H24F2N4O2. The highest BCUT2D eigenvalue weighted by molar-refractivity contribution is 6.45. The minimum Gasteiger partial charge on any atom is -0.347 e. The van der Waals surface area contributed by atoms with Crippen LogP contribution in [0, 0.1) is 11.6 Å². The third-order valence-corrected chi connectivity index (χ3v) is 3.60. The van der Waals surface area contributed by atoms with Gasteiger partial charge < -0.3 is 10.6 Å². The summed E-state index contributed by atoms with van der Waals surface area (Å²) in [7, 11) is 1.37. The van der Waals surface area contributed by atoms with Crippen LogP contribution in [0.4, 0.5) is 8.78 Å². The summed E-state index contributed by atoms with van der Waals surface area (Å²) in [4.78, 5) is 32.5. The number of nitrogens with one attached hydrogen (secondary N) is 2. The van der Waals surface area contributed by atoms with Crippen molar-refractivity contribution in [2.24, 2.45) is 4.99 Å². The lowest BCUT2D eigenvalue weighted by molar-refractivity contribution is -0.114. The molecule has 2 amide bonds. The molecule has 0 aliphatic rings. The number of amides is 2. The highest BCUT2D eigenvalue weighted by atomic mass is 19.1. The molecule has 1 heterocycles. The largest absolute Gasteiger partial charge is 0.347 e. The van der Waals surface area contributed by atoms with Gasteiger partial charge in [-0.25, -0.2) is 8.78 Å². The van der Waals surface area contributed by atoms with E-state index in [0.29, 0.717) is 0 Å². The Morgan fingerprint density at radius 3 is 2.48 bits per heavy atom. The summed E-state index contributed by atoms with van der Waals surface area (Å²) < 4.78 is 27.5. The smallest absolute Gasteiger partial charge is 0.271 e.